The van der Waals surface area contributed by atoms with E-state index in [2.05, 4.69) is 34.1 Å². The van der Waals surface area contributed by atoms with Crippen LogP contribution in [0.3, 0.4) is 0 Å². The van der Waals surface area contributed by atoms with Crippen LogP contribution in [0.4, 0.5) is 0 Å². The van der Waals surface area contributed by atoms with Crippen molar-refractivity contribution in [1.82, 2.24) is 0 Å². The molecule has 1 unspecified atom stereocenters. The third-order valence-electron chi connectivity index (χ3n) is 4.97. The summed E-state index contributed by atoms with van der Waals surface area (Å²) >= 11 is 2.28. The zero-order chi connectivity index (χ0) is 16.8. The smallest absolute Gasteiger partial charge is 0.144 e. The molecule has 1 atom stereocenters. The molecule has 1 aromatic carbocycles. The normalized spacial score (nSPS) is 30.7. The third kappa shape index (κ3) is 3.39. The van der Waals surface area contributed by atoms with Crippen molar-refractivity contribution in [2.24, 2.45) is 9.81 Å². The quantitative estimate of drug-likeness (QED) is 0.722. The lowest BCUT2D eigenvalue weighted by atomic mass is 9.70. The molecule has 1 fully saturated rings. The summed E-state index contributed by atoms with van der Waals surface area (Å²) in [5.74, 6) is 0. The first-order chi connectivity index (χ1) is 10.7. The number of aliphatic hydroxyl groups is 1. The van der Waals surface area contributed by atoms with Gasteiger partial charge in [0.25, 0.3) is 0 Å². The topological polar surface area (TPSA) is 55.7 Å². The minimum Gasteiger partial charge on any atom is -0.591 e. The number of hydrogen-bond acceptors (Lipinski definition) is 3. The van der Waals surface area contributed by atoms with Crippen LogP contribution in [-0.4, -0.2) is 26.2 Å². The molecule has 3 rings (SSSR count). The molecule has 0 bridgehead atoms. The fourth-order valence-corrected chi connectivity index (χ4v) is 4.68. The summed E-state index contributed by atoms with van der Waals surface area (Å²) in [6.45, 7) is 5.88. The molecule has 2 aliphatic rings. The van der Waals surface area contributed by atoms with Crippen LogP contribution >= 0.6 is 15.9 Å². The summed E-state index contributed by atoms with van der Waals surface area (Å²) in [7, 11) is 0. The van der Waals surface area contributed by atoms with Crippen molar-refractivity contribution in [3.05, 3.63) is 33.8 Å². The highest BCUT2D eigenvalue weighted by atomic mass is 79.9. The maximum absolute atomic E-state index is 12.7. The molecule has 0 radical (unpaired) electrons. The lowest BCUT2D eigenvalue weighted by molar-refractivity contribution is 0.0934. The highest BCUT2D eigenvalue weighted by Crippen LogP contribution is 2.48. The van der Waals surface area contributed by atoms with Crippen molar-refractivity contribution in [3.8, 4) is 0 Å². The van der Waals surface area contributed by atoms with Crippen molar-refractivity contribution in [2.75, 3.05) is 0 Å². The molecule has 0 saturated heterocycles. The molecular weight excluding hydrogens is 374 g/mol. The first-order valence-electron chi connectivity index (χ1n) is 8.19. The summed E-state index contributed by atoms with van der Waals surface area (Å²) in [6.07, 6.45) is 4.18. The largest absolute Gasteiger partial charge is 0.591 e. The van der Waals surface area contributed by atoms with Crippen molar-refractivity contribution in [1.29, 1.82) is 0 Å². The van der Waals surface area contributed by atoms with Crippen LogP contribution in [0, 0.1) is 5.41 Å². The van der Waals surface area contributed by atoms with E-state index in [1.807, 2.05) is 20.8 Å². The van der Waals surface area contributed by atoms with E-state index in [4.69, 9.17) is 4.40 Å². The van der Waals surface area contributed by atoms with Gasteiger partial charge < -0.3 is 9.66 Å². The maximum Gasteiger partial charge on any atom is 0.144 e. The Labute approximate surface area is 150 Å². The van der Waals surface area contributed by atoms with E-state index >= 15 is 0 Å². The Hall–Kier alpha value is -0.360. The van der Waals surface area contributed by atoms with Gasteiger partial charge in [0.15, 0.2) is 0 Å². The fraction of sp³-hybridized carbons (Fsp3) is 0.611. The van der Waals surface area contributed by atoms with E-state index in [0.29, 0.717) is 0 Å². The predicted molar refractivity (Wildman–Crippen MR) is 99.2 cm³/mol. The Morgan fingerprint density at radius 3 is 2.57 bits per heavy atom. The van der Waals surface area contributed by atoms with Crippen LogP contribution in [-0.2, 0) is 17.8 Å². The second kappa shape index (κ2) is 6.17. The Morgan fingerprint density at radius 2 is 1.96 bits per heavy atom. The van der Waals surface area contributed by atoms with Gasteiger partial charge in [-0.15, -0.1) is 0 Å². The SMILES string of the molecule is CC(C)(C)[S+]([O-])/N=C1\c2cc(Br)ccc2C[C@]12CC[C@@H](O)CC2. The lowest BCUT2D eigenvalue weighted by Gasteiger charge is -2.36. The monoisotopic (exact) mass is 397 g/mol. The first kappa shape index (κ1) is 17.5. The highest BCUT2D eigenvalue weighted by Gasteiger charge is 2.47. The molecule has 1 aromatic rings. The molecule has 0 aliphatic heterocycles. The minimum atomic E-state index is -1.27. The van der Waals surface area contributed by atoms with Crippen molar-refractivity contribution in [2.45, 2.75) is 63.7 Å². The van der Waals surface area contributed by atoms with Crippen molar-refractivity contribution < 1.29 is 9.66 Å². The van der Waals surface area contributed by atoms with Gasteiger partial charge in [0.2, 0.25) is 0 Å². The molecular formula is C18H24BrNO2S. The molecule has 2 aliphatic carbocycles. The van der Waals surface area contributed by atoms with Gasteiger partial charge >= 0.3 is 0 Å². The highest BCUT2D eigenvalue weighted by molar-refractivity contribution is 9.10. The Bertz CT molecular complexity index is 630. The Balaban J connectivity index is 2.06. The molecule has 1 N–H and O–H groups in total. The number of aliphatic hydroxyl groups excluding tert-OH is 1. The molecule has 126 valence electrons. The molecule has 1 saturated carbocycles. The molecule has 5 heteroatoms. The summed E-state index contributed by atoms with van der Waals surface area (Å²) in [5.41, 5.74) is 3.36. The second-order valence-electron chi connectivity index (χ2n) is 7.79. The predicted octanol–water partition coefficient (Wildman–Crippen LogP) is 4.18. The van der Waals surface area contributed by atoms with Gasteiger partial charge in [-0.3, -0.25) is 0 Å². The van der Waals surface area contributed by atoms with E-state index in [1.54, 1.807) is 0 Å². The second-order valence-corrected chi connectivity index (χ2v) is 10.6. The number of fused-ring (bicyclic) bond motifs is 1. The first-order valence-corrected chi connectivity index (χ1v) is 10.1. The van der Waals surface area contributed by atoms with Gasteiger partial charge in [-0.25, -0.2) is 0 Å². The minimum absolute atomic E-state index is 0.0523. The van der Waals surface area contributed by atoms with E-state index in [0.717, 1.165) is 47.9 Å². The molecule has 0 heterocycles. The summed E-state index contributed by atoms with van der Waals surface area (Å²) in [4.78, 5) is 0. The number of rotatable bonds is 1. The Kier molecular flexibility index (Phi) is 4.69. The molecule has 0 aromatic heterocycles. The maximum atomic E-state index is 12.7. The van der Waals surface area contributed by atoms with Crippen LogP contribution in [0.25, 0.3) is 0 Å². The number of halogens is 1. The summed E-state index contributed by atoms with van der Waals surface area (Å²) in [6, 6.07) is 6.32. The molecule has 0 amide bonds. The van der Waals surface area contributed by atoms with Crippen LogP contribution in [0.5, 0.6) is 0 Å². The van der Waals surface area contributed by atoms with E-state index in [1.165, 1.54) is 5.56 Å². The molecule has 3 nitrogen and oxygen atoms in total. The van der Waals surface area contributed by atoms with Crippen LogP contribution in [0.1, 0.15) is 57.6 Å². The molecule has 23 heavy (non-hydrogen) atoms. The number of hydrogen-bond donors (Lipinski definition) is 1. The van der Waals surface area contributed by atoms with Crippen molar-refractivity contribution >= 4 is 33.0 Å². The summed E-state index contributed by atoms with van der Waals surface area (Å²) < 4.78 is 18.0. The average molecular weight is 398 g/mol. The van der Waals surface area contributed by atoms with Crippen LogP contribution in [0.15, 0.2) is 27.1 Å². The van der Waals surface area contributed by atoms with E-state index in [-0.39, 0.29) is 16.3 Å². The van der Waals surface area contributed by atoms with Gasteiger partial charge in [0, 0.05) is 15.5 Å². The Morgan fingerprint density at radius 1 is 1.30 bits per heavy atom. The van der Waals surface area contributed by atoms with E-state index in [9.17, 15) is 9.66 Å². The zero-order valence-electron chi connectivity index (χ0n) is 13.9. The zero-order valence-corrected chi connectivity index (χ0v) is 16.3. The summed E-state index contributed by atoms with van der Waals surface area (Å²) in [5, 5.41) is 9.90. The fourth-order valence-electron chi connectivity index (χ4n) is 3.59. The van der Waals surface area contributed by atoms with E-state index < -0.39 is 11.4 Å². The molecule has 1 spiro atoms. The third-order valence-corrected chi connectivity index (χ3v) is 6.86. The average Bonchev–Trinajstić information content (AvgIpc) is 2.75. The number of benzene rings is 1. The van der Waals surface area contributed by atoms with Gasteiger partial charge in [-0.2, -0.15) is 0 Å². The van der Waals surface area contributed by atoms with Gasteiger partial charge in [0.05, 0.1) is 6.10 Å². The lowest BCUT2D eigenvalue weighted by Crippen LogP contribution is -2.37. The van der Waals surface area contributed by atoms with Gasteiger partial charge in [0.1, 0.15) is 21.8 Å². The van der Waals surface area contributed by atoms with Gasteiger partial charge in [-0.1, -0.05) is 26.4 Å². The van der Waals surface area contributed by atoms with Crippen molar-refractivity contribution in [3.63, 3.8) is 0 Å². The van der Waals surface area contributed by atoms with Gasteiger partial charge in [-0.05, 0) is 70.6 Å². The van der Waals surface area contributed by atoms with Crippen LogP contribution in [0.2, 0.25) is 0 Å². The standard InChI is InChI=1S/C18H24BrNO2S/c1-17(2,3)23(22)20-16-15-10-13(19)5-4-12(15)11-18(16)8-6-14(21)7-9-18/h4-5,10,14,21H,6-9,11H2,1-3H3/b20-16+/t14-,18-,23?. The van der Waals surface area contributed by atoms with Crippen LogP contribution < -0.4 is 0 Å². The number of nitrogens with zero attached hydrogens (tertiary/aromatic N) is 1.